The molecule has 2 aromatic rings. The number of hydrogen-bond donors (Lipinski definition) is 1. The summed E-state index contributed by atoms with van der Waals surface area (Å²) in [5.74, 6) is 0.768. The molecule has 4 nitrogen and oxygen atoms in total. The summed E-state index contributed by atoms with van der Waals surface area (Å²) in [6.07, 6.45) is 0.518. The molecule has 0 aliphatic heterocycles. The van der Waals surface area contributed by atoms with Gasteiger partial charge in [-0.25, -0.2) is 0 Å². The highest BCUT2D eigenvalue weighted by molar-refractivity contribution is 9.10. The van der Waals surface area contributed by atoms with Crippen LogP contribution >= 0.6 is 15.9 Å². The Bertz CT molecular complexity index is 426. The van der Waals surface area contributed by atoms with Crippen LogP contribution in [0.15, 0.2) is 22.8 Å². The Balaban J connectivity index is 2.64. The average molecular weight is 242 g/mol. The van der Waals surface area contributed by atoms with E-state index in [0.717, 1.165) is 16.1 Å². The van der Waals surface area contributed by atoms with Gasteiger partial charge >= 0.3 is 0 Å². The maximum Gasteiger partial charge on any atom is 0.161 e. The van der Waals surface area contributed by atoms with E-state index in [0.29, 0.717) is 6.42 Å². The van der Waals surface area contributed by atoms with Crippen LogP contribution in [0.25, 0.3) is 5.65 Å². The molecule has 0 atom stereocenters. The second-order valence-electron chi connectivity index (χ2n) is 2.63. The van der Waals surface area contributed by atoms with Crippen molar-refractivity contribution in [2.75, 3.05) is 6.61 Å². The van der Waals surface area contributed by atoms with Crippen LogP contribution in [-0.2, 0) is 6.42 Å². The number of aliphatic hydroxyl groups is 1. The molecule has 0 amide bonds. The number of pyridine rings is 1. The van der Waals surface area contributed by atoms with Gasteiger partial charge in [0.25, 0.3) is 0 Å². The molecular weight excluding hydrogens is 234 g/mol. The summed E-state index contributed by atoms with van der Waals surface area (Å²) in [5, 5.41) is 16.7. The van der Waals surface area contributed by atoms with E-state index in [1.807, 2.05) is 22.6 Å². The van der Waals surface area contributed by atoms with Crippen molar-refractivity contribution in [2.45, 2.75) is 6.42 Å². The van der Waals surface area contributed by atoms with Crippen molar-refractivity contribution >= 4 is 21.6 Å². The van der Waals surface area contributed by atoms with Crippen LogP contribution in [0.4, 0.5) is 0 Å². The third-order valence-electron chi connectivity index (χ3n) is 1.78. The highest BCUT2D eigenvalue weighted by Crippen LogP contribution is 2.14. The van der Waals surface area contributed by atoms with Crippen LogP contribution in [0.5, 0.6) is 0 Å². The number of nitrogens with zero attached hydrogens (tertiary/aromatic N) is 3. The normalized spacial score (nSPS) is 10.9. The van der Waals surface area contributed by atoms with Crippen molar-refractivity contribution < 1.29 is 5.11 Å². The maximum atomic E-state index is 8.79. The van der Waals surface area contributed by atoms with Crippen molar-refractivity contribution in [1.29, 1.82) is 0 Å². The molecule has 0 aliphatic rings. The Morgan fingerprint density at radius 3 is 3.00 bits per heavy atom. The van der Waals surface area contributed by atoms with Crippen LogP contribution in [0.1, 0.15) is 5.82 Å². The minimum atomic E-state index is 0.0854. The standard InChI is InChI=1S/C8H8BrN3O/c9-6-2-1-3-7-10-11-8(4-5-13)12(6)7/h1-3,13H,4-5H2. The highest BCUT2D eigenvalue weighted by Gasteiger charge is 2.06. The van der Waals surface area contributed by atoms with Crippen LogP contribution in [-0.4, -0.2) is 26.3 Å². The van der Waals surface area contributed by atoms with Gasteiger partial charge in [-0.2, -0.15) is 0 Å². The number of rotatable bonds is 2. The van der Waals surface area contributed by atoms with Gasteiger partial charge in [-0.1, -0.05) is 6.07 Å². The minimum Gasteiger partial charge on any atom is -0.396 e. The van der Waals surface area contributed by atoms with E-state index in [-0.39, 0.29) is 6.61 Å². The number of halogens is 1. The van der Waals surface area contributed by atoms with Gasteiger partial charge in [0, 0.05) is 6.42 Å². The van der Waals surface area contributed by atoms with Crippen molar-refractivity contribution in [2.24, 2.45) is 0 Å². The summed E-state index contributed by atoms with van der Waals surface area (Å²) in [6.45, 7) is 0.0854. The van der Waals surface area contributed by atoms with E-state index in [2.05, 4.69) is 26.1 Å². The van der Waals surface area contributed by atoms with Crippen LogP contribution < -0.4 is 0 Å². The molecule has 0 fully saturated rings. The lowest BCUT2D eigenvalue weighted by atomic mass is 10.4. The van der Waals surface area contributed by atoms with Crippen molar-refractivity contribution in [3.8, 4) is 0 Å². The SMILES string of the molecule is OCCc1nnc2cccc(Br)n12. The van der Waals surface area contributed by atoms with Gasteiger partial charge in [-0.15, -0.1) is 10.2 Å². The molecule has 1 N–H and O–H groups in total. The lowest BCUT2D eigenvalue weighted by molar-refractivity contribution is 0.296. The molecule has 0 aromatic carbocycles. The number of aliphatic hydroxyl groups excluding tert-OH is 1. The van der Waals surface area contributed by atoms with Crippen molar-refractivity contribution in [3.63, 3.8) is 0 Å². The summed E-state index contributed by atoms with van der Waals surface area (Å²) < 4.78 is 2.77. The first-order chi connectivity index (χ1) is 6.33. The molecule has 0 saturated carbocycles. The molecule has 13 heavy (non-hydrogen) atoms. The second-order valence-corrected chi connectivity index (χ2v) is 3.44. The molecule has 2 aromatic heterocycles. The summed E-state index contributed by atoms with van der Waals surface area (Å²) in [5.41, 5.74) is 0.790. The summed E-state index contributed by atoms with van der Waals surface area (Å²) >= 11 is 3.40. The van der Waals surface area contributed by atoms with Crippen molar-refractivity contribution in [3.05, 3.63) is 28.6 Å². The quantitative estimate of drug-likeness (QED) is 0.800. The topological polar surface area (TPSA) is 50.4 Å². The molecule has 0 unspecified atom stereocenters. The first-order valence-electron chi connectivity index (χ1n) is 3.92. The highest BCUT2D eigenvalue weighted by atomic mass is 79.9. The lowest BCUT2D eigenvalue weighted by Crippen LogP contribution is -1.99. The molecule has 68 valence electrons. The van der Waals surface area contributed by atoms with Gasteiger partial charge in [-0.05, 0) is 28.1 Å². The van der Waals surface area contributed by atoms with Gasteiger partial charge in [0.1, 0.15) is 5.82 Å². The van der Waals surface area contributed by atoms with Crippen molar-refractivity contribution in [1.82, 2.24) is 14.6 Å². The molecular formula is C8H8BrN3O. The Kier molecular flexibility index (Phi) is 2.28. The van der Waals surface area contributed by atoms with Gasteiger partial charge < -0.3 is 5.11 Å². The zero-order valence-corrected chi connectivity index (χ0v) is 8.40. The fraction of sp³-hybridized carbons (Fsp3) is 0.250. The smallest absolute Gasteiger partial charge is 0.161 e. The third-order valence-corrected chi connectivity index (χ3v) is 2.40. The summed E-state index contributed by atoms with van der Waals surface area (Å²) in [4.78, 5) is 0. The molecule has 5 heteroatoms. The lowest BCUT2D eigenvalue weighted by Gasteiger charge is -1.99. The Morgan fingerprint density at radius 2 is 2.23 bits per heavy atom. The Hall–Kier alpha value is -0.940. The molecule has 0 spiro atoms. The third kappa shape index (κ3) is 1.45. The van der Waals surface area contributed by atoms with Gasteiger partial charge in [0.05, 0.1) is 11.2 Å². The van der Waals surface area contributed by atoms with Crippen LogP contribution in [0, 0.1) is 0 Å². The van der Waals surface area contributed by atoms with Crippen LogP contribution in [0.3, 0.4) is 0 Å². The maximum absolute atomic E-state index is 8.79. The van der Waals surface area contributed by atoms with E-state index in [4.69, 9.17) is 5.11 Å². The average Bonchev–Trinajstić information content (AvgIpc) is 2.51. The molecule has 0 saturated heterocycles. The molecule has 2 heterocycles. The minimum absolute atomic E-state index is 0.0854. The van der Waals surface area contributed by atoms with E-state index < -0.39 is 0 Å². The number of hydrogen-bond acceptors (Lipinski definition) is 3. The summed E-state index contributed by atoms with van der Waals surface area (Å²) in [6, 6.07) is 5.69. The van der Waals surface area contributed by atoms with E-state index in [1.165, 1.54) is 0 Å². The zero-order valence-electron chi connectivity index (χ0n) is 6.81. The van der Waals surface area contributed by atoms with E-state index in [1.54, 1.807) is 0 Å². The second kappa shape index (κ2) is 3.43. The summed E-state index contributed by atoms with van der Waals surface area (Å²) in [7, 11) is 0. The Labute approximate surface area is 83.3 Å². The number of fused-ring (bicyclic) bond motifs is 1. The molecule has 0 radical (unpaired) electrons. The fourth-order valence-corrected chi connectivity index (χ4v) is 1.76. The van der Waals surface area contributed by atoms with E-state index in [9.17, 15) is 0 Å². The zero-order chi connectivity index (χ0) is 9.26. The Morgan fingerprint density at radius 1 is 1.38 bits per heavy atom. The van der Waals surface area contributed by atoms with Gasteiger partial charge in [0.2, 0.25) is 0 Å². The first kappa shape index (κ1) is 8.65. The largest absolute Gasteiger partial charge is 0.396 e. The molecule has 0 bridgehead atoms. The monoisotopic (exact) mass is 241 g/mol. The molecule has 2 rings (SSSR count). The van der Waals surface area contributed by atoms with Gasteiger partial charge in [-0.3, -0.25) is 4.40 Å². The van der Waals surface area contributed by atoms with Crippen LogP contribution in [0.2, 0.25) is 0 Å². The predicted octanol–water partition coefficient (Wildman–Crippen LogP) is 1.03. The van der Waals surface area contributed by atoms with Gasteiger partial charge in [0.15, 0.2) is 5.65 Å². The van der Waals surface area contributed by atoms with E-state index >= 15 is 0 Å². The first-order valence-corrected chi connectivity index (χ1v) is 4.71. The fourth-order valence-electron chi connectivity index (χ4n) is 1.22. The molecule has 0 aliphatic carbocycles. The number of aromatic nitrogens is 3. The predicted molar refractivity (Wildman–Crippen MR) is 51.5 cm³/mol.